The lowest BCUT2D eigenvalue weighted by molar-refractivity contribution is -0.151. The van der Waals surface area contributed by atoms with Gasteiger partial charge in [0.15, 0.2) is 0 Å². The van der Waals surface area contributed by atoms with Crippen molar-refractivity contribution < 1.29 is 9.59 Å². The van der Waals surface area contributed by atoms with Crippen LogP contribution in [0.25, 0.3) is 0 Å². The number of rotatable bonds is 3. The first-order valence-corrected chi connectivity index (χ1v) is 8.45. The number of piperazine rings is 1. The molecule has 2 fully saturated rings. The minimum Gasteiger partial charge on any atom is -0.345 e. The summed E-state index contributed by atoms with van der Waals surface area (Å²) in [5.41, 5.74) is 0. The van der Waals surface area contributed by atoms with Crippen molar-refractivity contribution in [2.75, 3.05) is 12.8 Å². The summed E-state index contributed by atoms with van der Waals surface area (Å²) >= 11 is 1.92. The van der Waals surface area contributed by atoms with Crippen LogP contribution in [0.1, 0.15) is 39.5 Å². The largest absolute Gasteiger partial charge is 0.345 e. The van der Waals surface area contributed by atoms with Gasteiger partial charge in [0.05, 0.1) is 6.54 Å². The molecule has 19 heavy (non-hydrogen) atoms. The Labute approximate surface area is 119 Å². The van der Waals surface area contributed by atoms with E-state index in [1.807, 2.05) is 30.5 Å². The molecule has 0 aromatic heterocycles. The third-order valence-electron chi connectivity index (χ3n) is 4.27. The van der Waals surface area contributed by atoms with E-state index in [9.17, 15) is 9.59 Å². The molecule has 0 bridgehead atoms. The molecule has 1 saturated heterocycles. The van der Waals surface area contributed by atoms with Crippen molar-refractivity contribution in [3.8, 4) is 0 Å². The number of amides is 2. The third kappa shape index (κ3) is 3.07. The van der Waals surface area contributed by atoms with E-state index >= 15 is 0 Å². The number of nitrogens with zero attached hydrogens (tertiary/aromatic N) is 1. The Bertz CT molecular complexity index is 351. The highest BCUT2D eigenvalue weighted by atomic mass is 32.2. The fraction of sp³-hybridized carbons (Fsp3) is 0.857. The third-order valence-corrected chi connectivity index (χ3v) is 5.41. The highest BCUT2D eigenvalue weighted by Crippen LogP contribution is 2.32. The van der Waals surface area contributed by atoms with Gasteiger partial charge >= 0.3 is 0 Å². The van der Waals surface area contributed by atoms with E-state index in [4.69, 9.17) is 0 Å². The summed E-state index contributed by atoms with van der Waals surface area (Å²) in [7, 11) is 0. The minimum atomic E-state index is -0.280. The summed E-state index contributed by atoms with van der Waals surface area (Å²) in [5.74, 6) is 0.273. The van der Waals surface area contributed by atoms with E-state index in [-0.39, 0.29) is 36.4 Å². The van der Waals surface area contributed by atoms with Crippen molar-refractivity contribution in [1.82, 2.24) is 10.2 Å². The van der Waals surface area contributed by atoms with Crippen molar-refractivity contribution in [3.63, 3.8) is 0 Å². The molecule has 108 valence electrons. The summed E-state index contributed by atoms with van der Waals surface area (Å²) in [6.07, 6.45) is 6.53. The van der Waals surface area contributed by atoms with Gasteiger partial charge in [-0.05, 0) is 37.9 Å². The first-order chi connectivity index (χ1) is 9.04. The average molecular weight is 284 g/mol. The number of nitrogens with one attached hydrogen (secondary N) is 1. The first kappa shape index (κ1) is 14.7. The van der Waals surface area contributed by atoms with Gasteiger partial charge in [0.1, 0.15) is 6.04 Å². The molecule has 2 rings (SSSR count). The number of carbonyl (C=O) groups excluding carboxylic acids is 2. The van der Waals surface area contributed by atoms with Crippen molar-refractivity contribution in [3.05, 3.63) is 0 Å². The molecule has 1 heterocycles. The van der Waals surface area contributed by atoms with Gasteiger partial charge in [-0.1, -0.05) is 13.8 Å². The van der Waals surface area contributed by atoms with E-state index in [0.29, 0.717) is 0 Å². The van der Waals surface area contributed by atoms with Crippen LogP contribution in [0.4, 0.5) is 0 Å². The maximum absolute atomic E-state index is 12.2. The second kappa shape index (κ2) is 6.16. The standard InChI is InChI=1S/C14H24N2O2S/c1-9(2)13-14(18)15-8-12(17)16(13)10-4-6-11(19-3)7-5-10/h9-11,13H,4-8H2,1-3H3,(H,15,18). The molecule has 0 radical (unpaired) electrons. The molecule has 1 unspecified atom stereocenters. The zero-order valence-electron chi connectivity index (χ0n) is 12.0. The van der Waals surface area contributed by atoms with Crippen LogP contribution >= 0.6 is 11.8 Å². The Hall–Kier alpha value is -0.710. The van der Waals surface area contributed by atoms with Crippen molar-refractivity contribution in [2.45, 2.75) is 56.9 Å². The normalized spacial score (nSPS) is 32.6. The summed E-state index contributed by atoms with van der Waals surface area (Å²) < 4.78 is 0. The lowest BCUT2D eigenvalue weighted by Gasteiger charge is -2.44. The van der Waals surface area contributed by atoms with Crippen LogP contribution in [0.5, 0.6) is 0 Å². The van der Waals surface area contributed by atoms with Crippen LogP contribution < -0.4 is 5.32 Å². The zero-order chi connectivity index (χ0) is 14.0. The van der Waals surface area contributed by atoms with Gasteiger partial charge < -0.3 is 10.2 Å². The van der Waals surface area contributed by atoms with Gasteiger partial charge in [0.25, 0.3) is 0 Å². The topological polar surface area (TPSA) is 49.4 Å². The quantitative estimate of drug-likeness (QED) is 0.857. The smallest absolute Gasteiger partial charge is 0.243 e. The van der Waals surface area contributed by atoms with E-state index in [1.165, 1.54) is 0 Å². The number of thioether (sulfide) groups is 1. The Morgan fingerprint density at radius 1 is 1.21 bits per heavy atom. The summed E-state index contributed by atoms with van der Waals surface area (Å²) in [6.45, 7) is 4.21. The second-order valence-corrected chi connectivity index (χ2v) is 7.01. The van der Waals surface area contributed by atoms with Gasteiger partial charge in [-0.3, -0.25) is 9.59 Å². The minimum absolute atomic E-state index is 0.0154. The molecule has 2 aliphatic rings. The van der Waals surface area contributed by atoms with Crippen LogP contribution in [0.2, 0.25) is 0 Å². The summed E-state index contributed by atoms with van der Waals surface area (Å²) in [4.78, 5) is 26.1. The lowest BCUT2D eigenvalue weighted by atomic mass is 9.89. The van der Waals surface area contributed by atoms with Crippen molar-refractivity contribution >= 4 is 23.6 Å². The Morgan fingerprint density at radius 3 is 2.37 bits per heavy atom. The molecule has 0 aromatic carbocycles. The van der Waals surface area contributed by atoms with Crippen LogP contribution in [0.3, 0.4) is 0 Å². The number of hydrogen-bond donors (Lipinski definition) is 1. The molecule has 1 aliphatic heterocycles. The van der Waals surface area contributed by atoms with Crippen molar-refractivity contribution in [2.24, 2.45) is 5.92 Å². The summed E-state index contributed by atoms with van der Waals surface area (Å²) in [6, 6.07) is -0.0218. The Morgan fingerprint density at radius 2 is 1.84 bits per heavy atom. The van der Waals surface area contributed by atoms with Gasteiger partial charge in [-0.15, -0.1) is 0 Å². The van der Waals surface area contributed by atoms with Gasteiger partial charge in [0, 0.05) is 11.3 Å². The highest BCUT2D eigenvalue weighted by Gasteiger charge is 2.41. The Kier molecular flexibility index (Phi) is 4.76. The molecule has 1 atom stereocenters. The fourth-order valence-corrected chi connectivity index (χ4v) is 4.00. The molecule has 1 aliphatic carbocycles. The SMILES string of the molecule is CSC1CCC(N2C(=O)CNC(=O)C2C(C)C)CC1. The number of hydrogen-bond acceptors (Lipinski definition) is 3. The molecule has 5 heteroatoms. The predicted molar refractivity (Wildman–Crippen MR) is 78.0 cm³/mol. The first-order valence-electron chi connectivity index (χ1n) is 7.16. The number of carbonyl (C=O) groups is 2. The molecule has 4 nitrogen and oxygen atoms in total. The van der Waals surface area contributed by atoms with E-state index in [1.54, 1.807) is 0 Å². The van der Waals surface area contributed by atoms with E-state index < -0.39 is 0 Å². The van der Waals surface area contributed by atoms with E-state index in [0.717, 1.165) is 30.9 Å². The van der Waals surface area contributed by atoms with Gasteiger partial charge in [0.2, 0.25) is 11.8 Å². The fourth-order valence-electron chi connectivity index (χ4n) is 3.25. The Balaban J connectivity index is 2.10. The van der Waals surface area contributed by atoms with Crippen LogP contribution in [-0.2, 0) is 9.59 Å². The van der Waals surface area contributed by atoms with Crippen LogP contribution in [0.15, 0.2) is 0 Å². The molecule has 2 amide bonds. The van der Waals surface area contributed by atoms with Crippen LogP contribution in [-0.4, -0.2) is 46.8 Å². The summed E-state index contributed by atoms with van der Waals surface area (Å²) in [5, 5.41) is 3.44. The van der Waals surface area contributed by atoms with Crippen LogP contribution in [0, 0.1) is 5.92 Å². The lowest BCUT2D eigenvalue weighted by Crippen LogP contribution is -2.63. The predicted octanol–water partition coefficient (Wildman–Crippen LogP) is 1.64. The highest BCUT2D eigenvalue weighted by molar-refractivity contribution is 7.99. The molecule has 1 N–H and O–H groups in total. The molecule has 0 spiro atoms. The average Bonchev–Trinajstić information content (AvgIpc) is 2.41. The van der Waals surface area contributed by atoms with E-state index in [2.05, 4.69) is 11.6 Å². The second-order valence-electron chi connectivity index (χ2n) is 5.87. The molecular formula is C14H24N2O2S. The zero-order valence-corrected chi connectivity index (χ0v) is 12.8. The molecule has 0 aromatic rings. The monoisotopic (exact) mass is 284 g/mol. The molecular weight excluding hydrogens is 260 g/mol. The van der Waals surface area contributed by atoms with Gasteiger partial charge in [-0.25, -0.2) is 0 Å². The molecule has 1 saturated carbocycles. The maximum atomic E-state index is 12.2. The van der Waals surface area contributed by atoms with Crippen molar-refractivity contribution in [1.29, 1.82) is 0 Å². The van der Waals surface area contributed by atoms with Gasteiger partial charge in [-0.2, -0.15) is 11.8 Å². The maximum Gasteiger partial charge on any atom is 0.243 e.